The van der Waals surface area contributed by atoms with Crippen LogP contribution in [0.25, 0.3) is 0 Å². The maximum Gasteiger partial charge on any atom is 0.0400 e. The molecule has 1 aromatic carbocycles. The van der Waals surface area contributed by atoms with Gasteiger partial charge in [-0.05, 0) is 37.8 Å². The Morgan fingerprint density at radius 1 is 1.36 bits per heavy atom. The first-order valence-electron chi connectivity index (χ1n) is 5.49. The highest BCUT2D eigenvalue weighted by atomic mass is 15.2. The lowest BCUT2D eigenvalue weighted by atomic mass is 9.84. The van der Waals surface area contributed by atoms with E-state index in [1.165, 1.54) is 30.5 Å². The fourth-order valence-electron chi connectivity index (χ4n) is 2.33. The number of rotatable bonds is 1. The van der Waals surface area contributed by atoms with Gasteiger partial charge in [0.05, 0.1) is 0 Å². The third-order valence-corrected chi connectivity index (χ3v) is 3.86. The molecule has 0 aliphatic carbocycles. The van der Waals surface area contributed by atoms with Crippen LogP contribution in [0.1, 0.15) is 32.3 Å². The Morgan fingerprint density at radius 2 is 2.07 bits per heavy atom. The highest BCUT2D eigenvalue weighted by molar-refractivity contribution is 5.57. The van der Waals surface area contributed by atoms with Crippen molar-refractivity contribution in [2.24, 2.45) is 0 Å². The van der Waals surface area contributed by atoms with E-state index in [0.717, 1.165) is 0 Å². The third-order valence-electron chi connectivity index (χ3n) is 3.86. The molecule has 1 unspecified atom stereocenters. The topological polar surface area (TPSA) is 3.24 Å². The molecule has 1 aliphatic rings. The third kappa shape index (κ3) is 1.31. The summed E-state index contributed by atoms with van der Waals surface area (Å²) < 4.78 is 0. The van der Waals surface area contributed by atoms with Crippen LogP contribution < -0.4 is 4.90 Å². The average molecular weight is 189 g/mol. The minimum atomic E-state index is 0.356. The van der Waals surface area contributed by atoms with Crippen LogP contribution in [-0.4, -0.2) is 12.6 Å². The second-order valence-electron chi connectivity index (χ2n) is 4.54. The number of nitrogens with zero attached hydrogens (tertiary/aromatic N) is 1. The van der Waals surface area contributed by atoms with Crippen LogP contribution in [0.3, 0.4) is 0 Å². The molecule has 1 nitrogen and oxygen atoms in total. The first-order chi connectivity index (χ1) is 6.67. The summed E-state index contributed by atoms with van der Waals surface area (Å²) in [5.41, 5.74) is 3.28. The maximum absolute atomic E-state index is 2.45. The molecule has 1 atom stereocenters. The number of aryl methyl sites for hydroxylation is 1. The molecule has 0 amide bonds. The van der Waals surface area contributed by atoms with Crippen LogP contribution in [0, 0.1) is 0 Å². The van der Waals surface area contributed by atoms with Crippen molar-refractivity contribution in [3.05, 3.63) is 29.8 Å². The Bertz CT molecular complexity index is 332. The monoisotopic (exact) mass is 189 g/mol. The van der Waals surface area contributed by atoms with Crippen LogP contribution in [0.4, 0.5) is 5.69 Å². The zero-order valence-electron chi connectivity index (χ0n) is 9.38. The molecule has 14 heavy (non-hydrogen) atoms. The molecule has 1 heterocycles. The number of hydrogen-bond donors (Lipinski definition) is 0. The smallest absolute Gasteiger partial charge is 0.0400 e. The van der Waals surface area contributed by atoms with Gasteiger partial charge in [-0.2, -0.15) is 0 Å². The molecule has 0 saturated carbocycles. The predicted octanol–water partition coefficient (Wildman–Crippen LogP) is 3.24. The number of anilines is 1. The van der Waals surface area contributed by atoms with Gasteiger partial charge in [0.15, 0.2) is 0 Å². The molecule has 0 fully saturated rings. The van der Waals surface area contributed by atoms with E-state index >= 15 is 0 Å². The molecule has 1 aliphatic heterocycles. The van der Waals surface area contributed by atoms with Gasteiger partial charge in [-0.3, -0.25) is 0 Å². The molecular weight excluding hydrogens is 170 g/mol. The van der Waals surface area contributed by atoms with Crippen LogP contribution in [0.5, 0.6) is 0 Å². The number of para-hydroxylation sites is 1. The Labute approximate surface area is 86.7 Å². The van der Waals surface area contributed by atoms with Crippen LogP contribution in [0.2, 0.25) is 0 Å². The first-order valence-corrected chi connectivity index (χ1v) is 5.49. The van der Waals surface area contributed by atoms with E-state index in [4.69, 9.17) is 0 Å². The van der Waals surface area contributed by atoms with E-state index in [1.54, 1.807) is 0 Å². The molecule has 2 rings (SSSR count). The van der Waals surface area contributed by atoms with Gasteiger partial charge in [0.2, 0.25) is 0 Å². The lowest BCUT2D eigenvalue weighted by Crippen LogP contribution is -2.46. The highest BCUT2D eigenvalue weighted by Gasteiger charge is 2.32. The first kappa shape index (κ1) is 9.57. The number of benzene rings is 1. The zero-order valence-corrected chi connectivity index (χ0v) is 9.38. The summed E-state index contributed by atoms with van der Waals surface area (Å²) in [6.07, 6.45) is 3.72. The summed E-state index contributed by atoms with van der Waals surface area (Å²) in [4.78, 5) is 2.45. The SMILES string of the molecule is CCC1(C)CCc2ccccc2N1C. The van der Waals surface area contributed by atoms with Gasteiger partial charge in [-0.15, -0.1) is 0 Å². The van der Waals surface area contributed by atoms with Gasteiger partial charge >= 0.3 is 0 Å². The second kappa shape index (κ2) is 3.30. The minimum Gasteiger partial charge on any atom is -0.369 e. The van der Waals surface area contributed by atoms with Crippen molar-refractivity contribution in [3.8, 4) is 0 Å². The lowest BCUT2D eigenvalue weighted by Gasteiger charge is -2.44. The molecule has 1 aromatic rings. The fourth-order valence-corrected chi connectivity index (χ4v) is 2.33. The van der Waals surface area contributed by atoms with Gasteiger partial charge in [-0.25, -0.2) is 0 Å². The summed E-state index contributed by atoms with van der Waals surface area (Å²) in [5.74, 6) is 0. The fraction of sp³-hybridized carbons (Fsp3) is 0.538. The van der Waals surface area contributed by atoms with Crippen molar-refractivity contribution in [2.75, 3.05) is 11.9 Å². The van der Waals surface area contributed by atoms with Crippen molar-refractivity contribution in [1.29, 1.82) is 0 Å². The second-order valence-corrected chi connectivity index (χ2v) is 4.54. The predicted molar refractivity (Wildman–Crippen MR) is 61.9 cm³/mol. The van der Waals surface area contributed by atoms with Crippen molar-refractivity contribution in [2.45, 2.75) is 38.6 Å². The van der Waals surface area contributed by atoms with Crippen molar-refractivity contribution in [1.82, 2.24) is 0 Å². The largest absolute Gasteiger partial charge is 0.369 e. The van der Waals surface area contributed by atoms with Crippen molar-refractivity contribution < 1.29 is 0 Å². The van der Waals surface area contributed by atoms with Gasteiger partial charge in [-0.1, -0.05) is 25.1 Å². The quantitative estimate of drug-likeness (QED) is 0.655. The molecule has 1 heteroatoms. The van der Waals surface area contributed by atoms with E-state index in [2.05, 4.69) is 50.1 Å². The summed E-state index contributed by atoms with van der Waals surface area (Å²) in [7, 11) is 2.22. The zero-order chi connectivity index (χ0) is 10.2. The molecule has 76 valence electrons. The molecular formula is C13H19N. The molecule has 0 saturated heterocycles. The van der Waals surface area contributed by atoms with Gasteiger partial charge in [0.1, 0.15) is 0 Å². The summed E-state index contributed by atoms with van der Waals surface area (Å²) in [6, 6.07) is 8.77. The van der Waals surface area contributed by atoms with Crippen LogP contribution >= 0.6 is 0 Å². The highest BCUT2D eigenvalue weighted by Crippen LogP contribution is 2.36. The maximum atomic E-state index is 2.45. The lowest BCUT2D eigenvalue weighted by molar-refractivity contribution is 0.381. The normalized spacial score (nSPS) is 26.1. The van der Waals surface area contributed by atoms with E-state index < -0.39 is 0 Å². The Kier molecular flexibility index (Phi) is 2.26. The van der Waals surface area contributed by atoms with E-state index in [1.807, 2.05) is 0 Å². The summed E-state index contributed by atoms with van der Waals surface area (Å²) in [6.45, 7) is 4.65. The molecule has 0 radical (unpaired) electrons. The number of fused-ring (bicyclic) bond motifs is 1. The Hall–Kier alpha value is -0.980. The van der Waals surface area contributed by atoms with Gasteiger partial charge < -0.3 is 4.90 Å². The standard InChI is InChI=1S/C13H19N/c1-4-13(2)10-9-11-7-5-6-8-12(11)14(13)3/h5-8H,4,9-10H2,1-3H3. The molecule has 0 N–H and O–H groups in total. The minimum absolute atomic E-state index is 0.356. The number of hydrogen-bond acceptors (Lipinski definition) is 1. The molecule has 0 aromatic heterocycles. The van der Waals surface area contributed by atoms with Crippen LogP contribution in [-0.2, 0) is 6.42 Å². The average Bonchev–Trinajstić information content (AvgIpc) is 2.24. The van der Waals surface area contributed by atoms with Crippen LogP contribution in [0.15, 0.2) is 24.3 Å². The van der Waals surface area contributed by atoms with E-state index in [0.29, 0.717) is 5.54 Å². The van der Waals surface area contributed by atoms with Gasteiger partial charge in [0, 0.05) is 18.3 Å². The van der Waals surface area contributed by atoms with Gasteiger partial charge in [0.25, 0.3) is 0 Å². The molecule has 0 bridgehead atoms. The summed E-state index contributed by atoms with van der Waals surface area (Å²) in [5, 5.41) is 0. The van der Waals surface area contributed by atoms with E-state index in [-0.39, 0.29) is 0 Å². The van der Waals surface area contributed by atoms with Crippen molar-refractivity contribution >= 4 is 5.69 Å². The Morgan fingerprint density at radius 3 is 2.79 bits per heavy atom. The van der Waals surface area contributed by atoms with E-state index in [9.17, 15) is 0 Å². The van der Waals surface area contributed by atoms with Crippen molar-refractivity contribution in [3.63, 3.8) is 0 Å². The Balaban J connectivity index is 2.41. The summed E-state index contributed by atoms with van der Waals surface area (Å²) >= 11 is 0. The molecule has 0 spiro atoms.